The molecule has 0 aromatic carbocycles. The fourth-order valence-corrected chi connectivity index (χ4v) is 5.21. The third kappa shape index (κ3) is 7.42. The van der Waals surface area contributed by atoms with Crippen LogP contribution in [0.5, 0.6) is 0 Å². The number of unbranched alkanes of at least 4 members (excludes halogenated alkanes) is 12. The largest absolute Gasteiger partial charge is 0.481 e. The van der Waals surface area contributed by atoms with Gasteiger partial charge in [0, 0.05) is 0 Å². The Morgan fingerprint density at radius 3 is 1.20 bits per heavy atom. The van der Waals surface area contributed by atoms with Crippen LogP contribution < -0.4 is 0 Å². The van der Waals surface area contributed by atoms with E-state index in [-0.39, 0.29) is 0 Å². The number of allylic oxidation sites excluding steroid dienone is 2. The maximum absolute atomic E-state index is 12.5. The molecule has 1 aliphatic carbocycles. The molecule has 174 valence electrons. The summed E-state index contributed by atoms with van der Waals surface area (Å²) in [5.41, 5.74) is -2.33. The third-order valence-electron chi connectivity index (χ3n) is 7.25. The van der Waals surface area contributed by atoms with Crippen molar-refractivity contribution in [1.82, 2.24) is 0 Å². The summed E-state index contributed by atoms with van der Waals surface area (Å²) >= 11 is 0. The Kier molecular flexibility index (Phi) is 13.0. The minimum atomic E-state index is -1.17. The van der Waals surface area contributed by atoms with Gasteiger partial charge >= 0.3 is 11.9 Å². The van der Waals surface area contributed by atoms with Gasteiger partial charge in [-0.3, -0.25) is 9.59 Å². The second-order valence-electron chi connectivity index (χ2n) is 9.40. The predicted octanol–water partition coefficient (Wildman–Crippen LogP) is 7.76. The minimum absolute atomic E-state index is 0.348. The maximum atomic E-state index is 12.5. The number of carboxylic acid groups (broad SMARTS) is 2. The van der Waals surface area contributed by atoms with Gasteiger partial charge in [-0.15, -0.1) is 0 Å². The Morgan fingerprint density at radius 1 is 0.600 bits per heavy atom. The highest BCUT2D eigenvalue weighted by Crippen LogP contribution is 2.55. The zero-order valence-corrected chi connectivity index (χ0v) is 19.6. The van der Waals surface area contributed by atoms with Crippen LogP contribution in [-0.4, -0.2) is 22.2 Å². The molecule has 4 heteroatoms. The minimum Gasteiger partial charge on any atom is -0.481 e. The van der Waals surface area contributed by atoms with Crippen LogP contribution in [-0.2, 0) is 9.59 Å². The van der Waals surface area contributed by atoms with Crippen molar-refractivity contribution in [1.29, 1.82) is 0 Å². The van der Waals surface area contributed by atoms with Crippen molar-refractivity contribution in [3.8, 4) is 0 Å². The second-order valence-corrected chi connectivity index (χ2v) is 9.40. The third-order valence-corrected chi connectivity index (χ3v) is 7.25. The average molecular weight is 423 g/mol. The van der Waals surface area contributed by atoms with Crippen molar-refractivity contribution in [3.05, 3.63) is 12.2 Å². The highest BCUT2D eigenvalue weighted by Gasteiger charge is 2.60. The van der Waals surface area contributed by atoms with Gasteiger partial charge in [-0.1, -0.05) is 116 Å². The molecule has 2 N–H and O–H groups in total. The smallest absolute Gasteiger partial charge is 0.311 e. The van der Waals surface area contributed by atoms with E-state index in [0.29, 0.717) is 25.7 Å². The zero-order valence-electron chi connectivity index (χ0n) is 19.6. The van der Waals surface area contributed by atoms with Crippen LogP contribution in [0, 0.1) is 10.8 Å². The van der Waals surface area contributed by atoms with Crippen LogP contribution in [0.3, 0.4) is 0 Å². The van der Waals surface area contributed by atoms with Crippen molar-refractivity contribution >= 4 is 11.9 Å². The Morgan fingerprint density at radius 2 is 0.900 bits per heavy atom. The lowest BCUT2D eigenvalue weighted by molar-refractivity contribution is -0.177. The lowest BCUT2D eigenvalue weighted by Crippen LogP contribution is -2.53. The van der Waals surface area contributed by atoms with Gasteiger partial charge in [0.05, 0.1) is 10.8 Å². The molecule has 0 saturated carbocycles. The highest BCUT2D eigenvalue weighted by molar-refractivity contribution is 5.87. The molecule has 0 aromatic rings. The van der Waals surface area contributed by atoms with E-state index in [1.54, 1.807) is 0 Å². The predicted molar refractivity (Wildman–Crippen MR) is 124 cm³/mol. The van der Waals surface area contributed by atoms with Gasteiger partial charge in [0.15, 0.2) is 0 Å². The number of rotatable bonds is 18. The van der Waals surface area contributed by atoms with E-state index in [0.717, 1.165) is 38.5 Å². The quantitative estimate of drug-likeness (QED) is 0.175. The lowest BCUT2D eigenvalue weighted by Gasteiger charge is -2.47. The lowest BCUT2D eigenvalue weighted by atomic mass is 9.54. The molecule has 0 aliphatic heterocycles. The molecule has 2 unspecified atom stereocenters. The first-order valence-electron chi connectivity index (χ1n) is 12.6. The van der Waals surface area contributed by atoms with Crippen molar-refractivity contribution in [3.63, 3.8) is 0 Å². The van der Waals surface area contributed by atoms with E-state index < -0.39 is 22.8 Å². The Balaban J connectivity index is 2.75. The monoisotopic (exact) mass is 422 g/mol. The molecule has 1 aliphatic rings. The molecule has 0 saturated heterocycles. The summed E-state index contributed by atoms with van der Waals surface area (Å²) in [7, 11) is 0. The van der Waals surface area contributed by atoms with Crippen molar-refractivity contribution in [2.45, 2.75) is 129 Å². The Labute approximate surface area is 184 Å². The summed E-state index contributed by atoms with van der Waals surface area (Å²) in [6.07, 6.45) is 21.1. The molecule has 4 nitrogen and oxygen atoms in total. The van der Waals surface area contributed by atoms with Gasteiger partial charge in [-0.2, -0.15) is 0 Å². The Hall–Kier alpha value is -1.32. The van der Waals surface area contributed by atoms with E-state index in [1.165, 1.54) is 51.4 Å². The van der Waals surface area contributed by atoms with Gasteiger partial charge in [0.1, 0.15) is 0 Å². The number of aliphatic carboxylic acids is 2. The molecule has 0 aromatic heterocycles. The van der Waals surface area contributed by atoms with Crippen LogP contribution in [0.2, 0.25) is 0 Å². The average Bonchev–Trinajstić information content (AvgIpc) is 2.73. The number of hydrogen-bond acceptors (Lipinski definition) is 2. The second kappa shape index (κ2) is 14.6. The molecule has 0 spiro atoms. The molecule has 0 bridgehead atoms. The van der Waals surface area contributed by atoms with E-state index in [4.69, 9.17) is 0 Å². The van der Waals surface area contributed by atoms with E-state index in [2.05, 4.69) is 13.8 Å². The first kappa shape index (κ1) is 26.7. The van der Waals surface area contributed by atoms with Crippen LogP contribution in [0.25, 0.3) is 0 Å². The van der Waals surface area contributed by atoms with Crippen molar-refractivity contribution in [2.24, 2.45) is 10.8 Å². The van der Waals surface area contributed by atoms with Gasteiger partial charge in [-0.05, 0) is 25.7 Å². The number of hydrogen-bond donors (Lipinski definition) is 2. The summed E-state index contributed by atoms with van der Waals surface area (Å²) < 4.78 is 0. The van der Waals surface area contributed by atoms with Crippen LogP contribution in [0.1, 0.15) is 129 Å². The van der Waals surface area contributed by atoms with Gasteiger partial charge in [0.2, 0.25) is 0 Å². The standard InChI is InChI=1S/C26H46O4/c1-3-5-7-9-11-13-15-19-25(23(27)28)21-17-18-22-26(25,24(29)30)20-16-14-12-10-8-6-4-2/h17-18H,3-16,19-22H2,1-2H3,(H,27,28)(H,29,30). The maximum Gasteiger partial charge on any atom is 0.311 e. The molecule has 2 atom stereocenters. The topological polar surface area (TPSA) is 74.6 Å². The zero-order chi connectivity index (χ0) is 22.3. The van der Waals surface area contributed by atoms with E-state index >= 15 is 0 Å². The summed E-state index contributed by atoms with van der Waals surface area (Å²) in [5.74, 6) is -1.83. The summed E-state index contributed by atoms with van der Waals surface area (Å²) in [6.45, 7) is 4.40. The molecule has 0 radical (unpaired) electrons. The Bertz CT molecular complexity index is 481. The fourth-order valence-electron chi connectivity index (χ4n) is 5.21. The normalized spacial score (nSPS) is 23.5. The SMILES string of the molecule is CCCCCCCCCC1(C(=O)O)CC=CCC1(CCCCCCCCC)C(=O)O. The summed E-state index contributed by atoms with van der Waals surface area (Å²) in [6, 6.07) is 0. The van der Waals surface area contributed by atoms with Crippen molar-refractivity contribution in [2.75, 3.05) is 0 Å². The van der Waals surface area contributed by atoms with Crippen LogP contribution in [0.15, 0.2) is 12.2 Å². The number of carbonyl (C=O) groups is 2. The molecule has 0 fully saturated rings. The molecule has 0 amide bonds. The van der Waals surface area contributed by atoms with E-state index in [1.807, 2.05) is 12.2 Å². The first-order chi connectivity index (χ1) is 14.5. The van der Waals surface area contributed by atoms with Crippen LogP contribution >= 0.6 is 0 Å². The molecule has 30 heavy (non-hydrogen) atoms. The van der Waals surface area contributed by atoms with Gasteiger partial charge < -0.3 is 10.2 Å². The van der Waals surface area contributed by atoms with Gasteiger partial charge in [-0.25, -0.2) is 0 Å². The first-order valence-corrected chi connectivity index (χ1v) is 12.6. The molecule has 0 heterocycles. The summed E-state index contributed by atoms with van der Waals surface area (Å²) in [5, 5.41) is 20.5. The van der Waals surface area contributed by atoms with E-state index in [9.17, 15) is 19.8 Å². The molecular formula is C26H46O4. The highest BCUT2D eigenvalue weighted by atomic mass is 16.4. The van der Waals surface area contributed by atoms with Gasteiger partial charge in [0.25, 0.3) is 0 Å². The number of carboxylic acids is 2. The molecule has 1 rings (SSSR count). The molecular weight excluding hydrogens is 376 g/mol. The fraction of sp³-hybridized carbons (Fsp3) is 0.846. The summed E-state index contributed by atoms with van der Waals surface area (Å²) in [4.78, 5) is 25.0. The van der Waals surface area contributed by atoms with Crippen LogP contribution in [0.4, 0.5) is 0 Å². The van der Waals surface area contributed by atoms with Crippen molar-refractivity contribution < 1.29 is 19.8 Å².